The van der Waals surface area contributed by atoms with Crippen LogP contribution >= 0.6 is 0 Å². The summed E-state index contributed by atoms with van der Waals surface area (Å²) in [5.74, 6) is 2.49. The number of rotatable bonds is 6. The predicted molar refractivity (Wildman–Crippen MR) is 104 cm³/mol. The molecule has 0 amide bonds. The van der Waals surface area contributed by atoms with Gasteiger partial charge in [-0.15, -0.1) is 5.10 Å². The Morgan fingerprint density at radius 2 is 1.82 bits per heavy atom. The number of quaternary nitrogens is 2. The third-order valence-corrected chi connectivity index (χ3v) is 6.35. The molecule has 1 atom stereocenters. The van der Waals surface area contributed by atoms with E-state index in [-0.39, 0.29) is 6.04 Å². The maximum atomic E-state index is 5.80. The topological polar surface area (TPSA) is 70.9 Å². The molecule has 1 saturated carbocycles. The normalized spacial score (nSPS) is 24.2. The van der Waals surface area contributed by atoms with E-state index in [4.69, 9.17) is 9.47 Å². The van der Waals surface area contributed by atoms with E-state index in [1.807, 2.05) is 12.1 Å². The van der Waals surface area contributed by atoms with Crippen molar-refractivity contribution in [3.8, 4) is 11.5 Å². The van der Waals surface area contributed by atoms with Crippen molar-refractivity contribution in [1.82, 2.24) is 20.2 Å². The van der Waals surface area contributed by atoms with E-state index in [0.29, 0.717) is 6.04 Å². The number of para-hydroxylation sites is 1. The van der Waals surface area contributed by atoms with Crippen LogP contribution in [0.4, 0.5) is 0 Å². The zero-order valence-corrected chi connectivity index (χ0v) is 17.1. The van der Waals surface area contributed by atoms with Crippen molar-refractivity contribution in [2.45, 2.75) is 37.8 Å². The number of tetrazole rings is 1. The second kappa shape index (κ2) is 8.45. The lowest BCUT2D eigenvalue weighted by Crippen LogP contribution is -3.27. The summed E-state index contributed by atoms with van der Waals surface area (Å²) in [7, 11) is 5.66. The predicted octanol–water partition coefficient (Wildman–Crippen LogP) is -0.692. The fraction of sp³-hybridized carbons (Fsp3) is 0.650. The van der Waals surface area contributed by atoms with Gasteiger partial charge < -0.3 is 19.3 Å². The number of ether oxygens (including phenoxy) is 2. The first-order valence-corrected chi connectivity index (χ1v) is 10.4. The quantitative estimate of drug-likeness (QED) is 0.685. The average Bonchev–Trinajstić information content (AvgIpc) is 3.41. The van der Waals surface area contributed by atoms with Crippen LogP contribution < -0.4 is 19.3 Å². The largest absolute Gasteiger partial charge is 0.493 e. The molecular formula is C20H32N6O2+2. The summed E-state index contributed by atoms with van der Waals surface area (Å²) in [6.07, 6.45) is 4.81. The first-order valence-electron chi connectivity index (χ1n) is 10.4. The van der Waals surface area contributed by atoms with Crippen molar-refractivity contribution in [3.05, 3.63) is 29.6 Å². The van der Waals surface area contributed by atoms with Gasteiger partial charge in [0.15, 0.2) is 17.5 Å². The van der Waals surface area contributed by atoms with Crippen LogP contribution in [0, 0.1) is 0 Å². The molecule has 2 fully saturated rings. The molecular weight excluding hydrogens is 356 g/mol. The molecule has 152 valence electrons. The van der Waals surface area contributed by atoms with E-state index < -0.39 is 0 Å². The Bertz CT molecular complexity index is 781. The Morgan fingerprint density at radius 1 is 1.07 bits per heavy atom. The average molecular weight is 389 g/mol. The molecule has 2 aromatic rings. The Morgan fingerprint density at radius 3 is 2.50 bits per heavy atom. The van der Waals surface area contributed by atoms with Gasteiger partial charge in [-0.3, -0.25) is 0 Å². The smallest absolute Gasteiger partial charge is 0.214 e. The number of aromatic nitrogens is 4. The van der Waals surface area contributed by atoms with Crippen LogP contribution in [0.3, 0.4) is 0 Å². The number of nitrogens with one attached hydrogen (secondary N) is 2. The number of hydrogen-bond donors (Lipinski definition) is 2. The zero-order valence-electron chi connectivity index (χ0n) is 17.1. The maximum absolute atomic E-state index is 5.80. The van der Waals surface area contributed by atoms with E-state index >= 15 is 0 Å². The summed E-state index contributed by atoms with van der Waals surface area (Å²) in [6, 6.07) is 6.56. The molecule has 1 aromatic heterocycles. The molecule has 0 bridgehead atoms. The van der Waals surface area contributed by atoms with Gasteiger partial charge in [-0.2, -0.15) is 0 Å². The minimum Gasteiger partial charge on any atom is -0.493 e. The van der Waals surface area contributed by atoms with Crippen molar-refractivity contribution in [2.24, 2.45) is 0 Å². The lowest BCUT2D eigenvalue weighted by Gasteiger charge is -2.33. The lowest BCUT2D eigenvalue weighted by molar-refractivity contribution is -1.02. The Labute approximate surface area is 166 Å². The number of methoxy groups -OCH3 is 2. The van der Waals surface area contributed by atoms with Gasteiger partial charge in [-0.1, -0.05) is 18.9 Å². The van der Waals surface area contributed by atoms with Crippen molar-refractivity contribution < 1.29 is 19.3 Å². The molecule has 8 heteroatoms. The molecule has 1 aromatic carbocycles. The maximum Gasteiger partial charge on any atom is 0.214 e. The molecule has 2 heterocycles. The van der Waals surface area contributed by atoms with Gasteiger partial charge in [0.05, 0.1) is 32.9 Å². The highest BCUT2D eigenvalue weighted by Gasteiger charge is 2.38. The molecule has 1 saturated heterocycles. The lowest BCUT2D eigenvalue weighted by atomic mass is 10.0. The summed E-state index contributed by atoms with van der Waals surface area (Å²) in [5.41, 5.74) is 1.10. The summed E-state index contributed by atoms with van der Waals surface area (Å²) in [5, 5.41) is 13.1. The Balaban J connectivity index is 1.79. The Hall–Kier alpha value is -2.19. The molecule has 2 N–H and O–H groups in total. The first-order chi connectivity index (χ1) is 13.7. The monoisotopic (exact) mass is 388 g/mol. The van der Waals surface area contributed by atoms with Crippen molar-refractivity contribution in [1.29, 1.82) is 0 Å². The number of piperazine rings is 1. The van der Waals surface area contributed by atoms with Gasteiger partial charge in [-0.25, -0.2) is 4.68 Å². The van der Waals surface area contributed by atoms with E-state index in [0.717, 1.165) is 61.9 Å². The summed E-state index contributed by atoms with van der Waals surface area (Å²) in [6.45, 7) is 4.44. The van der Waals surface area contributed by atoms with Crippen LogP contribution in [0.2, 0.25) is 0 Å². The van der Waals surface area contributed by atoms with Crippen LogP contribution in [0.15, 0.2) is 18.2 Å². The summed E-state index contributed by atoms with van der Waals surface area (Å²) < 4.78 is 13.5. The van der Waals surface area contributed by atoms with Gasteiger partial charge in [0.1, 0.15) is 26.2 Å². The van der Waals surface area contributed by atoms with Crippen molar-refractivity contribution in [2.75, 3.05) is 47.4 Å². The highest BCUT2D eigenvalue weighted by molar-refractivity contribution is 5.48. The fourth-order valence-corrected chi connectivity index (χ4v) is 4.77. The second-order valence-electron chi connectivity index (χ2n) is 8.05. The van der Waals surface area contributed by atoms with Crippen LogP contribution in [0.5, 0.6) is 11.5 Å². The number of nitrogens with zero attached hydrogens (tertiary/aromatic N) is 4. The fourth-order valence-electron chi connectivity index (χ4n) is 4.77. The molecule has 4 rings (SSSR count). The SMILES string of the molecule is COc1cccc([C@H](c2nnnn2C2CCCC2)[NH+]2CC[NH+](C)CC2)c1OC. The van der Waals surface area contributed by atoms with Gasteiger partial charge >= 0.3 is 0 Å². The number of hydrogen-bond acceptors (Lipinski definition) is 5. The second-order valence-corrected chi connectivity index (χ2v) is 8.05. The van der Waals surface area contributed by atoms with Gasteiger partial charge in [0, 0.05) is 0 Å². The molecule has 2 aliphatic rings. The van der Waals surface area contributed by atoms with E-state index in [9.17, 15) is 0 Å². The molecule has 28 heavy (non-hydrogen) atoms. The van der Waals surface area contributed by atoms with Crippen LogP contribution in [0.25, 0.3) is 0 Å². The van der Waals surface area contributed by atoms with E-state index in [2.05, 4.69) is 33.3 Å². The molecule has 1 aliphatic heterocycles. The van der Waals surface area contributed by atoms with Gasteiger partial charge in [-0.05, 0) is 35.4 Å². The highest BCUT2D eigenvalue weighted by atomic mass is 16.5. The van der Waals surface area contributed by atoms with E-state index in [1.54, 1.807) is 19.1 Å². The van der Waals surface area contributed by atoms with Crippen molar-refractivity contribution in [3.63, 3.8) is 0 Å². The minimum atomic E-state index is 0.0359. The van der Waals surface area contributed by atoms with Crippen LogP contribution in [0.1, 0.15) is 49.2 Å². The third kappa shape index (κ3) is 3.58. The molecule has 8 nitrogen and oxygen atoms in total. The molecule has 0 spiro atoms. The zero-order chi connectivity index (χ0) is 19.5. The first kappa shape index (κ1) is 19.1. The summed E-state index contributed by atoms with van der Waals surface area (Å²) in [4.78, 5) is 3.07. The van der Waals surface area contributed by atoms with Gasteiger partial charge in [0.2, 0.25) is 5.82 Å². The molecule has 1 aliphatic carbocycles. The number of likely N-dealkylation sites (N-methyl/N-ethyl adjacent to an activating group) is 1. The minimum absolute atomic E-state index is 0.0359. The van der Waals surface area contributed by atoms with Crippen LogP contribution in [-0.4, -0.2) is 67.7 Å². The molecule has 0 radical (unpaired) electrons. The van der Waals surface area contributed by atoms with Crippen LogP contribution in [-0.2, 0) is 0 Å². The van der Waals surface area contributed by atoms with Gasteiger partial charge in [0.25, 0.3) is 0 Å². The van der Waals surface area contributed by atoms with Crippen molar-refractivity contribution >= 4 is 0 Å². The summed E-state index contributed by atoms with van der Waals surface area (Å²) >= 11 is 0. The number of benzene rings is 1. The molecule has 0 unspecified atom stereocenters. The standard InChI is InChI=1S/C20H30N6O2/c1-24-11-13-25(14-12-24)18(16-9-6-10-17(27-2)19(16)28-3)20-21-22-23-26(20)15-7-4-5-8-15/h6,9-10,15,18H,4-5,7-8,11-14H2,1-3H3/p+2/t18-/m1/s1. The Kier molecular flexibility index (Phi) is 5.77. The highest BCUT2D eigenvalue weighted by Crippen LogP contribution is 2.37. The third-order valence-electron chi connectivity index (χ3n) is 6.35. The van der Waals surface area contributed by atoms with E-state index in [1.165, 1.54) is 17.7 Å².